The van der Waals surface area contributed by atoms with Crippen LogP contribution in [0.3, 0.4) is 0 Å². The van der Waals surface area contributed by atoms with Gasteiger partial charge in [-0.1, -0.05) is 18.5 Å². The number of aliphatic imine (C=N–C) groups is 1. The van der Waals surface area contributed by atoms with Gasteiger partial charge in [-0.15, -0.1) is 22.7 Å². The number of thiazole rings is 1. The summed E-state index contributed by atoms with van der Waals surface area (Å²) in [6, 6.07) is 3.63. The molecule has 0 aliphatic rings. The Bertz CT molecular complexity index is 641. The van der Waals surface area contributed by atoms with Crippen molar-refractivity contribution in [1.29, 1.82) is 0 Å². The van der Waals surface area contributed by atoms with Crippen LogP contribution in [0.15, 0.2) is 22.5 Å². The SMILES string of the molecule is CCNC(=NCc1csc(CC)n1)NCC(O)c1ccc(Cl)s1. The molecule has 0 saturated carbocycles. The summed E-state index contributed by atoms with van der Waals surface area (Å²) in [6.45, 7) is 5.75. The zero-order chi connectivity index (χ0) is 16.7. The molecule has 0 spiro atoms. The van der Waals surface area contributed by atoms with E-state index in [1.54, 1.807) is 17.4 Å². The molecule has 2 aromatic rings. The summed E-state index contributed by atoms with van der Waals surface area (Å²) in [5, 5.41) is 19.6. The van der Waals surface area contributed by atoms with Crippen LogP contribution in [0.1, 0.15) is 35.5 Å². The molecular formula is C15H21ClN4OS2. The van der Waals surface area contributed by atoms with Crippen molar-refractivity contribution < 1.29 is 5.11 Å². The van der Waals surface area contributed by atoms with Crippen molar-refractivity contribution in [3.63, 3.8) is 0 Å². The van der Waals surface area contributed by atoms with Gasteiger partial charge in [0.1, 0.15) is 6.10 Å². The molecule has 23 heavy (non-hydrogen) atoms. The van der Waals surface area contributed by atoms with Gasteiger partial charge in [0.2, 0.25) is 0 Å². The summed E-state index contributed by atoms with van der Waals surface area (Å²) in [4.78, 5) is 9.85. The minimum absolute atomic E-state index is 0.375. The lowest BCUT2D eigenvalue weighted by atomic mass is 10.3. The number of aliphatic hydroxyl groups is 1. The van der Waals surface area contributed by atoms with E-state index in [1.807, 2.05) is 18.4 Å². The number of aromatic nitrogens is 1. The fraction of sp³-hybridized carbons (Fsp3) is 0.467. The minimum atomic E-state index is -0.609. The molecule has 0 aromatic carbocycles. The van der Waals surface area contributed by atoms with Gasteiger partial charge in [-0.25, -0.2) is 9.98 Å². The van der Waals surface area contributed by atoms with Gasteiger partial charge >= 0.3 is 0 Å². The maximum absolute atomic E-state index is 10.2. The molecule has 2 heterocycles. The average Bonchev–Trinajstić information content (AvgIpc) is 3.18. The third-order valence-electron chi connectivity index (χ3n) is 3.03. The number of hydrogen-bond donors (Lipinski definition) is 3. The van der Waals surface area contributed by atoms with Crippen LogP contribution in [-0.4, -0.2) is 29.1 Å². The number of rotatable bonds is 7. The zero-order valence-electron chi connectivity index (χ0n) is 13.2. The first kappa shape index (κ1) is 18.2. The molecule has 0 aliphatic carbocycles. The quantitative estimate of drug-likeness (QED) is 0.515. The lowest BCUT2D eigenvalue weighted by molar-refractivity contribution is 0.184. The second-order valence-corrected chi connectivity index (χ2v) is 7.51. The lowest BCUT2D eigenvalue weighted by Gasteiger charge is -2.14. The van der Waals surface area contributed by atoms with Gasteiger partial charge in [-0.05, 0) is 25.5 Å². The number of nitrogens with one attached hydrogen (secondary N) is 2. The smallest absolute Gasteiger partial charge is 0.191 e. The molecule has 3 N–H and O–H groups in total. The van der Waals surface area contributed by atoms with Crippen molar-refractivity contribution in [3.8, 4) is 0 Å². The molecule has 1 unspecified atom stereocenters. The minimum Gasteiger partial charge on any atom is -0.386 e. The van der Waals surface area contributed by atoms with Crippen molar-refractivity contribution in [3.05, 3.63) is 37.4 Å². The highest BCUT2D eigenvalue weighted by molar-refractivity contribution is 7.16. The van der Waals surface area contributed by atoms with E-state index >= 15 is 0 Å². The number of aryl methyl sites for hydroxylation is 1. The van der Waals surface area contributed by atoms with E-state index in [2.05, 4.69) is 27.5 Å². The Hall–Kier alpha value is -1.15. The van der Waals surface area contributed by atoms with Crippen LogP contribution in [0.4, 0.5) is 0 Å². The van der Waals surface area contributed by atoms with Crippen molar-refractivity contribution in [2.24, 2.45) is 4.99 Å². The number of thiophene rings is 1. The molecule has 2 rings (SSSR count). The van der Waals surface area contributed by atoms with E-state index in [9.17, 15) is 5.11 Å². The summed E-state index contributed by atoms with van der Waals surface area (Å²) in [7, 11) is 0. The molecule has 0 saturated heterocycles. The molecule has 0 bridgehead atoms. The van der Waals surface area contributed by atoms with E-state index in [0.717, 1.165) is 28.5 Å². The highest BCUT2D eigenvalue weighted by atomic mass is 35.5. The van der Waals surface area contributed by atoms with Gasteiger partial charge in [0.05, 0.1) is 21.6 Å². The standard InChI is InChI=1S/C15H21ClN4OS2/c1-3-14-20-10(9-22-14)7-18-15(17-4-2)19-8-11(21)12-5-6-13(16)23-12/h5-6,9,11,21H,3-4,7-8H2,1-2H3,(H2,17,18,19). The van der Waals surface area contributed by atoms with Crippen LogP contribution in [0.5, 0.6) is 0 Å². The maximum Gasteiger partial charge on any atom is 0.191 e. The zero-order valence-corrected chi connectivity index (χ0v) is 15.6. The summed E-state index contributed by atoms with van der Waals surface area (Å²) >= 11 is 8.94. The number of guanidine groups is 1. The maximum atomic E-state index is 10.2. The van der Waals surface area contributed by atoms with Crippen LogP contribution in [-0.2, 0) is 13.0 Å². The third-order valence-corrected chi connectivity index (χ3v) is 5.40. The van der Waals surface area contributed by atoms with E-state index in [0.29, 0.717) is 23.4 Å². The van der Waals surface area contributed by atoms with Crippen molar-refractivity contribution in [1.82, 2.24) is 15.6 Å². The van der Waals surface area contributed by atoms with Crippen LogP contribution >= 0.6 is 34.3 Å². The predicted octanol–water partition coefficient (Wildman–Crippen LogP) is 3.21. The second-order valence-electron chi connectivity index (χ2n) is 4.82. The number of halogens is 1. The first-order chi connectivity index (χ1) is 11.1. The summed E-state index contributed by atoms with van der Waals surface area (Å²) in [5.41, 5.74) is 0.967. The van der Waals surface area contributed by atoms with Gasteiger partial charge in [-0.2, -0.15) is 0 Å². The second kappa shape index (κ2) is 9.22. The normalized spacial score (nSPS) is 13.1. The summed E-state index contributed by atoms with van der Waals surface area (Å²) in [5.74, 6) is 0.667. The number of hydrogen-bond acceptors (Lipinski definition) is 5. The van der Waals surface area contributed by atoms with Crippen molar-refractivity contribution >= 4 is 40.2 Å². The first-order valence-electron chi connectivity index (χ1n) is 7.51. The Kier molecular flexibility index (Phi) is 7.29. The van der Waals surface area contributed by atoms with Crippen molar-refractivity contribution in [2.45, 2.75) is 32.9 Å². The summed E-state index contributed by atoms with van der Waals surface area (Å²) in [6.07, 6.45) is 0.338. The highest BCUT2D eigenvalue weighted by Crippen LogP contribution is 2.26. The van der Waals surface area contributed by atoms with E-state index in [1.165, 1.54) is 11.3 Å². The molecule has 1 atom stereocenters. The van der Waals surface area contributed by atoms with Gasteiger partial charge < -0.3 is 15.7 Å². The number of aliphatic hydroxyl groups excluding tert-OH is 1. The molecule has 126 valence electrons. The van der Waals surface area contributed by atoms with Gasteiger partial charge in [0.15, 0.2) is 5.96 Å². The van der Waals surface area contributed by atoms with Crippen LogP contribution in [0.2, 0.25) is 4.34 Å². The molecule has 5 nitrogen and oxygen atoms in total. The van der Waals surface area contributed by atoms with E-state index < -0.39 is 6.10 Å². The Labute approximate surface area is 149 Å². The van der Waals surface area contributed by atoms with Crippen LogP contribution < -0.4 is 10.6 Å². The van der Waals surface area contributed by atoms with E-state index in [-0.39, 0.29) is 0 Å². The molecular weight excluding hydrogens is 352 g/mol. The molecule has 2 aromatic heterocycles. The Morgan fingerprint density at radius 3 is 2.83 bits per heavy atom. The lowest BCUT2D eigenvalue weighted by Crippen LogP contribution is -2.39. The summed E-state index contributed by atoms with van der Waals surface area (Å²) < 4.78 is 0.676. The Morgan fingerprint density at radius 1 is 1.39 bits per heavy atom. The number of nitrogens with zero attached hydrogens (tertiary/aromatic N) is 2. The third kappa shape index (κ3) is 5.76. The van der Waals surface area contributed by atoms with Crippen molar-refractivity contribution in [2.75, 3.05) is 13.1 Å². The van der Waals surface area contributed by atoms with Gasteiger partial charge in [0.25, 0.3) is 0 Å². The molecule has 0 aliphatic heterocycles. The monoisotopic (exact) mass is 372 g/mol. The largest absolute Gasteiger partial charge is 0.386 e. The fourth-order valence-corrected chi connectivity index (χ4v) is 3.67. The molecule has 0 radical (unpaired) electrons. The topological polar surface area (TPSA) is 69.5 Å². The van der Waals surface area contributed by atoms with Gasteiger partial charge in [-0.3, -0.25) is 0 Å². The Morgan fingerprint density at radius 2 is 2.22 bits per heavy atom. The van der Waals surface area contributed by atoms with E-state index in [4.69, 9.17) is 11.6 Å². The molecule has 0 fully saturated rings. The first-order valence-corrected chi connectivity index (χ1v) is 9.58. The predicted molar refractivity (Wildman–Crippen MR) is 98.6 cm³/mol. The highest BCUT2D eigenvalue weighted by Gasteiger charge is 2.11. The van der Waals surface area contributed by atoms with Gasteiger partial charge in [0, 0.05) is 23.3 Å². The molecule has 0 amide bonds. The molecule has 8 heteroatoms. The fourth-order valence-electron chi connectivity index (χ4n) is 1.89. The van der Waals surface area contributed by atoms with Crippen LogP contribution in [0, 0.1) is 0 Å². The van der Waals surface area contributed by atoms with Crippen LogP contribution in [0.25, 0.3) is 0 Å². The average molecular weight is 373 g/mol. The Balaban J connectivity index is 1.90.